The third-order valence-corrected chi connectivity index (χ3v) is 6.42. The molecule has 2 saturated heterocycles. The molecule has 4 heterocycles. The minimum Gasteiger partial charge on any atom is -0.378 e. The number of aromatic nitrogens is 4. The van der Waals surface area contributed by atoms with E-state index in [9.17, 15) is 0 Å². The van der Waals surface area contributed by atoms with Crippen LogP contribution in [0.4, 0.5) is 17.6 Å². The van der Waals surface area contributed by atoms with Gasteiger partial charge in [-0.05, 0) is 38.7 Å². The summed E-state index contributed by atoms with van der Waals surface area (Å²) < 4.78 is 5.45. The number of hydrogen-bond donors (Lipinski definition) is 0. The lowest BCUT2D eigenvalue weighted by Gasteiger charge is -2.38. The number of rotatable bonds is 5. The first-order chi connectivity index (χ1) is 14.7. The Bertz CT molecular complexity index is 874. The van der Waals surface area contributed by atoms with Crippen molar-refractivity contribution in [3.63, 3.8) is 0 Å². The van der Waals surface area contributed by atoms with Crippen molar-refractivity contribution < 1.29 is 4.74 Å². The highest BCUT2D eigenvalue weighted by molar-refractivity contribution is 5.46. The van der Waals surface area contributed by atoms with E-state index in [-0.39, 0.29) is 0 Å². The molecule has 2 aromatic heterocycles. The molecule has 3 fully saturated rings. The van der Waals surface area contributed by atoms with E-state index in [1.54, 1.807) is 0 Å². The van der Waals surface area contributed by atoms with E-state index in [1.165, 1.54) is 12.8 Å². The summed E-state index contributed by atoms with van der Waals surface area (Å²) in [7, 11) is 2.16. The minimum atomic E-state index is 0.472. The van der Waals surface area contributed by atoms with Gasteiger partial charge in [0.15, 0.2) is 0 Å². The van der Waals surface area contributed by atoms with Crippen molar-refractivity contribution >= 4 is 17.6 Å². The van der Waals surface area contributed by atoms with Gasteiger partial charge in [0.05, 0.1) is 13.2 Å². The first-order valence-corrected chi connectivity index (χ1v) is 11.2. The monoisotopic (exact) mass is 409 g/mol. The minimum absolute atomic E-state index is 0.472. The average molecular weight is 410 g/mol. The molecule has 2 aromatic rings. The molecule has 0 N–H and O–H groups in total. The Morgan fingerprint density at radius 1 is 0.967 bits per heavy atom. The molecule has 0 radical (unpaired) electrons. The summed E-state index contributed by atoms with van der Waals surface area (Å²) >= 11 is 0. The number of hydrogen-bond acceptors (Lipinski definition) is 8. The first-order valence-electron chi connectivity index (χ1n) is 11.2. The fraction of sp³-hybridized carbons (Fsp3) is 0.636. The molecule has 0 unspecified atom stereocenters. The van der Waals surface area contributed by atoms with Crippen LogP contribution < -0.4 is 14.7 Å². The highest BCUT2D eigenvalue weighted by atomic mass is 16.5. The van der Waals surface area contributed by atoms with Gasteiger partial charge in [-0.2, -0.15) is 4.98 Å². The van der Waals surface area contributed by atoms with Crippen molar-refractivity contribution in [2.45, 2.75) is 44.6 Å². The Morgan fingerprint density at radius 3 is 2.47 bits per heavy atom. The van der Waals surface area contributed by atoms with Crippen LogP contribution in [-0.2, 0) is 4.74 Å². The molecule has 8 heteroatoms. The molecular formula is C22H31N7O. The van der Waals surface area contributed by atoms with E-state index in [0.717, 1.165) is 81.3 Å². The predicted molar refractivity (Wildman–Crippen MR) is 117 cm³/mol. The maximum absolute atomic E-state index is 5.45. The topological polar surface area (TPSA) is 70.5 Å². The number of nitrogens with zero attached hydrogens (tertiary/aromatic N) is 7. The zero-order chi connectivity index (χ0) is 20.5. The molecule has 1 aliphatic carbocycles. The van der Waals surface area contributed by atoms with Crippen molar-refractivity contribution in [2.24, 2.45) is 0 Å². The van der Waals surface area contributed by atoms with Gasteiger partial charge in [0, 0.05) is 63.1 Å². The lowest BCUT2D eigenvalue weighted by molar-refractivity contribution is 0.122. The van der Waals surface area contributed by atoms with Crippen LogP contribution in [0, 0.1) is 6.92 Å². The van der Waals surface area contributed by atoms with Gasteiger partial charge in [0.2, 0.25) is 5.95 Å². The van der Waals surface area contributed by atoms with Crippen LogP contribution in [0.25, 0.3) is 0 Å². The quantitative estimate of drug-likeness (QED) is 0.746. The lowest BCUT2D eigenvalue weighted by atomic mass is 10.0. The number of ether oxygens (including phenoxy) is 1. The van der Waals surface area contributed by atoms with Gasteiger partial charge < -0.3 is 19.4 Å². The van der Waals surface area contributed by atoms with Crippen LogP contribution in [0.2, 0.25) is 0 Å². The number of morpholine rings is 1. The van der Waals surface area contributed by atoms with E-state index in [0.29, 0.717) is 12.0 Å². The van der Waals surface area contributed by atoms with E-state index in [1.807, 2.05) is 12.3 Å². The van der Waals surface area contributed by atoms with Crippen LogP contribution in [0.15, 0.2) is 18.3 Å². The molecule has 2 aliphatic heterocycles. The summed E-state index contributed by atoms with van der Waals surface area (Å²) in [4.78, 5) is 25.8. The van der Waals surface area contributed by atoms with Gasteiger partial charge in [0.1, 0.15) is 17.5 Å². The highest BCUT2D eigenvalue weighted by Crippen LogP contribution is 2.38. The summed E-state index contributed by atoms with van der Waals surface area (Å²) in [6, 6.07) is 4.63. The van der Waals surface area contributed by atoms with E-state index >= 15 is 0 Å². The molecule has 8 nitrogen and oxygen atoms in total. The molecule has 0 bridgehead atoms. The van der Waals surface area contributed by atoms with Gasteiger partial charge in [-0.25, -0.2) is 15.0 Å². The lowest BCUT2D eigenvalue weighted by Crippen LogP contribution is -2.44. The van der Waals surface area contributed by atoms with Crippen LogP contribution in [0.5, 0.6) is 0 Å². The van der Waals surface area contributed by atoms with Gasteiger partial charge in [-0.1, -0.05) is 0 Å². The normalized spacial score (nSPS) is 20.5. The largest absolute Gasteiger partial charge is 0.378 e. The smallest absolute Gasteiger partial charge is 0.227 e. The molecule has 3 aliphatic rings. The fourth-order valence-corrected chi connectivity index (χ4v) is 4.38. The van der Waals surface area contributed by atoms with Crippen molar-refractivity contribution in [2.75, 3.05) is 61.1 Å². The van der Waals surface area contributed by atoms with Gasteiger partial charge in [0.25, 0.3) is 0 Å². The Balaban J connectivity index is 1.23. The second kappa shape index (κ2) is 8.34. The average Bonchev–Trinajstić information content (AvgIpc) is 3.65. The fourth-order valence-electron chi connectivity index (χ4n) is 4.38. The molecule has 1 saturated carbocycles. The molecule has 0 atom stereocenters. The maximum atomic E-state index is 5.45. The third-order valence-electron chi connectivity index (χ3n) is 6.42. The summed E-state index contributed by atoms with van der Waals surface area (Å²) in [6.45, 7) is 7.30. The molecular weight excluding hydrogens is 378 g/mol. The summed E-state index contributed by atoms with van der Waals surface area (Å²) in [5.74, 6) is 4.54. The van der Waals surface area contributed by atoms with E-state index < -0.39 is 0 Å². The van der Waals surface area contributed by atoms with Crippen LogP contribution >= 0.6 is 0 Å². The van der Waals surface area contributed by atoms with E-state index in [4.69, 9.17) is 14.7 Å². The van der Waals surface area contributed by atoms with Crippen molar-refractivity contribution in [3.8, 4) is 0 Å². The Hall–Kier alpha value is -2.48. The molecule has 0 spiro atoms. The third kappa shape index (κ3) is 4.19. The second-order valence-electron chi connectivity index (χ2n) is 8.64. The molecule has 30 heavy (non-hydrogen) atoms. The Kier molecular flexibility index (Phi) is 5.41. The predicted octanol–water partition coefficient (Wildman–Crippen LogP) is 2.39. The zero-order valence-corrected chi connectivity index (χ0v) is 18.0. The number of anilines is 3. The van der Waals surface area contributed by atoms with Crippen molar-refractivity contribution in [1.29, 1.82) is 0 Å². The SMILES string of the molecule is Cc1cc(N2CCC(N(C)c3ccnc(N4CCOCC4)n3)CC2)nc(C2CC2)n1. The van der Waals surface area contributed by atoms with Crippen molar-refractivity contribution in [1.82, 2.24) is 19.9 Å². The second-order valence-corrected chi connectivity index (χ2v) is 8.64. The van der Waals surface area contributed by atoms with Gasteiger partial charge in [-0.15, -0.1) is 0 Å². The summed E-state index contributed by atoms with van der Waals surface area (Å²) in [5, 5.41) is 0. The molecule has 5 rings (SSSR count). The maximum Gasteiger partial charge on any atom is 0.227 e. The summed E-state index contributed by atoms with van der Waals surface area (Å²) in [5.41, 5.74) is 1.08. The van der Waals surface area contributed by atoms with Crippen LogP contribution in [0.1, 0.15) is 43.1 Å². The van der Waals surface area contributed by atoms with E-state index in [2.05, 4.69) is 44.7 Å². The summed E-state index contributed by atoms with van der Waals surface area (Å²) in [6.07, 6.45) is 6.54. The molecule has 0 aromatic carbocycles. The number of aryl methyl sites for hydroxylation is 1. The van der Waals surface area contributed by atoms with Crippen LogP contribution in [-0.4, -0.2) is 72.4 Å². The first kappa shape index (κ1) is 19.5. The van der Waals surface area contributed by atoms with Gasteiger partial charge in [-0.3, -0.25) is 0 Å². The van der Waals surface area contributed by atoms with Crippen LogP contribution in [0.3, 0.4) is 0 Å². The van der Waals surface area contributed by atoms with Crippen molar-refractivity contribution in [3.05, 3.63) is 29.8 Å². The van der Waals surface area contributed by atoms with Gasteiger partial charge >= 0.3 is 0 Å². The Labute approximate surface area is 178 Å². The Morgan fingerprint density at radius 2 is 1.73 bits per heavy atom. The number of piperidine rings is 1. The highest BCUT2D eigenvalue weighted by Gasteiger charge is 2.29. The zero-order valence-electron chi connectivity index (χ0n) is 18.0. The molecule has 0 amide bonds. The standard InChI is InChI=1S/C22H31N7O/c1-16-15-20(25-21(24-16)17-3-4-17)28-9-6-18(7-10-28)27(2)19-5-8-23-22(26-19)29-11-13-30-14-12-29/h5,8,15,17-18H,3-4,6-7,9-14H2,1-2H3. The molecule has 160 valence electrons.